The fourth-order valence-corrected chi connectivity index (χ4v) is 4.24. The van der Waals surface area contributed by atoms with E-state index in [0.717, 1.165) is 31.2 Å². The lowest BCUT2D eigenvalue weighted by atomic mass is 9.79. The van der Waals surface area contributed by atoms with E-state index in [0.29, 0.717) is 12.2 Å². The minimum Gasteiger partial charge on any atom is -0.375 e. The molecule has 0 radical (unpaired) electrons. The summed E-state index contributed by atoms with van der Waals surface area (Å²) in [6.45, 7) is 12.3. The number of ether oxygens (including phenoxy) is 1. The Balaban J connectivity index is 2.02. The van der Waals surface area contributed by atoms with Gasteiger partial charge in [-0.05, 0) is 64.5 Å². The molecule has 0 spiro atoms. The number of hydrogen-bond acceptors (Lipinski definition) is 3. The van der Waals surface area contributed by atoms with Gasteiger partial charge >= 0.3 is 0 Å². The van der Waals surface area contributed by atoms with E-state index < -0.39 is 0 Å². The van der Waals surface area contributed by atoms with E-state index in [9.17, 15) is 0 Å². The molecule has 0 saturated carbocycles. The van der Waals surface area contributed by atoms with E-state index in [4.69, 9.17) is 10.5 Å². The predicted octanol–water partition coefficient (Wildman–Crippen LogP) is 2.64. The molecule has 0 aromatic rings. The Bertz CT molecular complexity index is 274. The van der Waals surface area contributed by atoms with Crippen LogP contribution in [0.3, 0.4) is 0 Å². The van der Waals surface area contributed by atoms with Gasteiger partial charge in [-0.2, -0.15) is 0 Å². The summed E-state index contributed by atoms with van der Waals surface area (Å²) in [6.07, 6.45) is 5.55. The lowest BCUT2D eigenvalue weighted by Gasteiger charge is -2.52. The first kappa shape index (κ1) is 15.3. The fourth-order valence-electron chi connectivity index (χ4n) is 4.24. The predicted molar refractivity (Wildman–Crippen MR) is 80.2 cm³/mol. The van der Waals surface area contributed by atoms with Crippen molar-refractivity contribution in [3.63, 3.8) is 0 Å². The second kappa shape index (κ2) is 6.11. The first-order chi connectivity index (χ1) is 8.97. The van der Waals surface area contributed by atoms with Gasteiger partial charge in [0.05, 0.1) is 12.2 Å². The molecule has 0 bridgehead atoms. The monoisotopic (exact) mass is 268 g/mol. The van der Waals surface area contributed by atoms with Crippen molar-refractivity contribution in [2.24, 2.45) is 17.6 Å². The molecule has 112 valence electrons. The molecule has 2 unspecified atom stereocenters. The van der Waals surface area contributed by atoms with E-state index >= 15 is 0 Å². The van der Waals surface area contributed by atoms with Crippen LogP contribution < -0.4 is 5.73 Å². The van der Waals surface area contributed by atoms with Crippen molar-refractivity contribution in [2.75, 3.05) is 19.6 Å². The standard InChI is InChI=1S/C16H32N2O/c1-12(2)15-5-7-18(8-6-15)16(11-17)9-13(3)19-14(4)10-16/h12-15H,5-11,17H2,1-4H3. The zero-order chi connectivity index (χ0) is 14.0. The molecular weight excluding hydrogens is 236 g/mol. The summed E-state index contributed by atoms with van der Waals surface area (Å²) >= 11 is 0. The third-order valence-electron chi connectivity index (χ3n) is 5.33. The Morgan fingerprint density at radius 2 is 1.68 bits per heavy atom. The molecule has 2 heterocycles. The van der Waals surface area contributed by atoms with E-state index in [-0.39, 0.29) is 5.54 Å². The molecule has 19 heavy (non-hydrogen) atoms. The third-order valence-corrected chi connectivity index (χ3v) is 5.33. The Hall–Kier alpha value is -0.120. The van der Waals surface area contributed by atoms with Gasteiger partial charge in [-0.3, -0.25) is 4.90 Å². The minimum absolute atomic E-state index is 0.193. The van der Waals surface area contributed by atoms with Crippen molar-refractivity contribution in [1.82, 2.24) is 4.90 Å². The Morgan fingerprint density at radius 1 is 1.16 bits per heavy atom. The maximum Gasteiger partial charge on any atom is 0.0568 e. The Morgan fingerprint density at radius 3 is 2.11 bits per heavy atom. The normalized spacial score (nSPS) is 38.8. The molecule has 0 aliphatic carbocycles. The van der Waals surface area contributed by atoms with Crippen LogP contribution in [-0.2, 0) is 4.74 Å². The molecule has 2 rings (SSSR count). The van der Waals surface area contributed by atoms with Crippen LogP contribution in [0, 0.1) is 11.8 Å². The molecule has 2 aliphatic heterocycles. The van der Waals surface area contributed by atoms with Crippen LogP contribution in [0.15, 0.2) is 0 Å². The van der Waals surface area contributed by atoms with Gasteiger partial charge in [-0.25, -0.2) is 0 Å². The highest BCUT2D eigenvalue weighted by atomic mass is 16.5. The van der Waals surface area contributed by atoms with Crippen LogP contribution in [0.2, 0.25) is 0 Å². The van der Waals surface area contributed by atoms with Crippen LogP contribution in [0.25, 0.3) is 0 Å². The summed E-state index contributed by atoms with van der Waals surface area (Å²) in [5.41, 5.74) is 6.38. The van der Waals surface area contributed by atoms with Gasteiger partial charge < -0.3 is 10.5 Å². The maximum absolute atomic E-state index is 6.19. The minimum atomic E-state index is 0.193. The molecule has 3 nitrogen and oxygen atoms in total. The SMILES string of the molecule is CC1CC(CN)(N2CCC(C(C)C)CC2)CC(C)O1. The number of likely N-dealkylation sites (tertiary alicyclic amines) is 1. The molecule has 2 saturated heterocycles. The van der Waals surface area contributed by atoms with Crippen molar-refractivity contribution in [3.8, 4) is 0 Å². The topological polar surface area (TPSA) is 38.5 Å². The molecule has 0 amide bonds. The number of rotatable bonds is 3. The summed E-state index contributed by atoms with van der Waals surface area (Å²) in [4.78, 5) is 2.68. The van der Waals surface area contributed by atoms with E-state index in [1.165, 1.54) is 25.9 Å². The first-order valence-electron chi connectivity index (χ1n) is 8.07. The Labute approximate surface area is 118 Å². The summed E-state index contributed by atoms with van der Waals surface area (Å²) in [7, 11) is 0. The van der Waals surface area contributed by atoms with Gasteiger partial charge in [0.2, 0.25) is 0 Å². The number of nitrogens with two attached hydrogens (primary N) is 1. The third kappa shape index (κ3) is 3.32. The first-order valence-corrected chi connectivity index (χ1v) is 8.07. The van der Waals surface area contributed by atoms with Crippen LogP contribution in [0.4, 0.5) is 0 Å². The lowest BCUT2D eigenvalue weighted by molar-refractivity contribution is -0.110. The van der Waals surface area contributed by atoms with Crippen LogP contribution >= 0.6 is 0 Å². The highest BCUT2D eigenvalue weighted by Gasteiger charge is 2.43. The maximum atomic E-state index is 6.19. The quantitative estimate of drug-likeness (QED) is 0.855. The van der Waals surface area contributed by atoms with Gasteiger partial charge in [0.15, 0.2) is 0 Å². The van der Waals surface area contributed by atoms with Crippen molar-refractivity contribution in [3.05, 3.63) is 0 Å². The van der Waals surface area contributed by atoms with Crippen molar-refractivity contribution >= 4 is 0 Å². The molecule has 3 heteroatoms. The van der Waals surface area contributed by atoms with E-state index in [1.54, 1.807) is 0 Å². The zero-order valence-electron chi connectivity index (χ0n) is 13.2. The summed E-state index contributed by atoms with van der Waals surface area (Å²) < 4.78 is 5.91. The molecule has 2 atom stereocenters. The van der Waals surface area contributed by atoms with Crippen LogP contribution in [0.1, 0.15) is 53.4 Å². The smallest absolute Gasteiger partial charge is 0.0568 e. The van der Waals surface area contributed by atoms with Crippen LogP contribution in [-0.4, -0.2) is 42.3 Å². The Kier molecular flexibility index (Phi) is 4.91. The largest absolute Gasteiger partial charge is 0.375 e. The van der Waals surface area contributed by atoms with E-state index in [1.807, 2.05) is 0 Å². The van der Waals surface area contributed by atoms with E-state index in [2.05, 4.69) is 32.6 Å². The summed E-state index contributed by atoms with van der Waals surface area (Å²) in [5.74, 6) is 1.73. The second-order valence-corrected chi connectivity index (χ2v) is 7.16. The molecule has 0 aromatic carbocycles. The van der Waals surface area contributed by atoms with Gasteiger partial charge in [0.25, 0.3) is 0 Å². The second-order valence-electron chi connectivity index (χ2n) is 7.16. The van der Waals surface area contributed by atoms with Crippen molar-refractivity contribution in [1.29, 1.82) is 0 Å². The summed E-state index contributed by atoms with van der Waals surface area (Å²) in [6, 6.07) is 0. The van der Waals surface area contributed by atoms with Gasteiger partial charge in [-0.15, -0.1) is 0 Å². The van der Waals surface area contributed by atoms with Crippen LogP contribution in [0.5, 0.6) is 0 Å². The molecule has 2 fully saturated rings. The van der Waals surface area contributed by atoms with Crippen molar-refractivity contribution in [2.45, 2.75) is 71.1 Å². The summed E-state index contributed by atoms with van der Waals surface area (Å²) in [5, 5.41) is 0. The van der Waals surface area contributed by atoms with Crippen molar-refractivity contribution < 1.29 is 4.74 Å². The molecule has 2 N–H and O–H groups in total. The lowest BCUT2D eigenvalue weighted by Crippen LogP contribution is -2.61. The molecule has 0 aromatic heterocycles. The zero-order valence-corrected chi connectivity index (χ0v) is 13.2. The van der Waals surface area contributed by atoms with Gasteiger partial charge in [0, 0.05) is 12.1 Å². The highest BCUT2D eigenvalue weighted by Crippen LogP contribution is 2.37. The number of piperidine rings is 1. The number of hydrogen-bond donors (Lipinski definition) is 1. The van der Waals surface area contributed by atoms with Gasteiger partial charge in [-0.1, -0.05) is 13.8 Å². The molecule has 2 aliphatic rings. The average molecular weight is 268 g/mol. The average Bonchev–Trinajstić information content (AvgIpc) is 2.37. The molecular formula is C16H32N2O. The fraction of sp³-hybridized carbons (Fsp3) is 1.00. The number of nitrogens with zero attached hydrogens (tertiary/aromatic N) is 1. The van der Waals surface area contributed by atoms with Gasteiger partial charge in [0.1, 0.15) is 0 Å². The highest BCUT2D eigenvalue weighted by molar-refractivity contribution is 4.99.